The molecule has 0 saturated heterocycles. The lowest BCUT2D eigenvalue weighted by Crippen LogP contribution is -2.15. The molecule has 1 rings (SSSR count). The highest BCUT2D eigenvalue weighted by molar-refractivity contribution is 5.71. The predicted molar refractivity (Wildman–Crippen MR) is 67.3 cm³/mol. The molecule has 0 spiro atoms. The number of carbonyl (C=O) groups excluding carboxylic acids is 1. The Balaban J connectivity index is 2.34. The van der Waals surface area contributed by atoms with Gasteiger partial charge in [-0.1, -0.05) is 19.4 Å². The first-order valence-electron chi connectivity index (χ1n) is 5.99. The summed E-state index contributed by atoms with van der Waals surface area (Å²) in [5.74, 6) is 0.400. The number of ether oxygens (including phenoxy) is 2. The highest BCUT2D eigenvalue weighted by atomic mass is 16.6. The number of carbonyl (C=O) groups is 1. The average molecular weight is 236 g/mol. The van der Waals surface area contributed by atoms with Gasteiger partial charge in [-0.2, -0.15) is 0 Å². The van der Waals surface area contributed by atoms with E-state index in [1.165, 1.54) is 5.56 Å². The number of hydrogen-bond acceptors (Lipinski definition) is 3. The summed E-state index contributed by atoms with van der Waals surface area (Å²) >= 11 is 0. The maximum Gasteiger partial charge on any atom is 0.344 e. The van der Waals surface area contributed by atoms with E-state index >= 15 is 0 Å². The maximum absolute atomic E-state index is 11.3. The second-order valence-electron chi connectivity index (χ2n) is 4.11. The van der Waals surface area contributed by atoms with Crippen LogP contribution in [-0.4, -0.2) is 19.2 Å². The molecule has 17 heavy (non-hydrogen) atoms. The largest absolute Gasteiger partial charge is 0.482 e. The van der Waals surface area contributed by atoms with Gasteiger partial charge in [0, 0.05) is 0 Å². The molecule has 0 aliphatic carbocycles. The van der Waals surface area contributed by atoms with Crippen LogP contribution in [0.4, 0.5) is 0 Å². The zero-order valence-corrected chi connectivity index (χ0v) is 10.8. The Bertz CT molecular complexity index is 372. The van der Waals surface area contributed by atoms with Crippen LogP contribution in [0, 0.1) is 13.8 Å². The zero-order chi connectivity index (χ0) is 12.7. The lowest BCUT2D eigenvalue weighted by atomic mass is 10.1. The first-order chi connectivity index (χ1) is 8.13. The molecule has 0 N–H and O–H groups in total. The Morgan fingerprint density at radius 3 is 2.65 bits per heavy atom. The standard InChI is InChI=1S/C14H20O3/c1-4-5-8-16-14(15)10-17-13-7-6-11(2)12(3)9-13/h6-7,9H,4-5,8,10H2,1-3H3. The van der Waals surface area contributed by atoms with Gasteiger partial charge in [-0.15, -0.1) is 0 Å². The minimum Gasteiger partial charge on any atom is -0.482 e. The molecule has 0 unspecified atom stereocenters. The molecular formula is C14H20O3. The maximum atomic E-state index is 11.3. The molecule has 0 aromatic heterocycles. The van der Waals surface area contributed by atoms with Crippen molar-refractivity contribution >= 4 is 5.97 Å². The summed E-state index contributed by atoms with van der Waals surface area (Å²) in [5.41, 5.74) is 2.37. The van der Waals surface area contributed by atoms with Crippen LogP contribution in [0.1, 0.15) is 30.9 Å². The van der Waals surface area contributed by atoms with Crippen molar-refractivity contribution in [3.8, 4) is 5.75 Å². The minimum absolute atomic E-state index is 0.0216. The Labute approximate surface area is 103 Å². The molecule has 0 atom stereocenters. The third-order valence-electron chi connectivity index (χ3n) is 2.60. The molecule has 0 radical (unpaired) electrons. The van der Waals surface area contributed by atoms with E-state index in [1.807, 2.05) is 32.0 Å². The minimum atomic E-state index is -0.309. The highest BCUT2D eigenvalue weighted by Crippen LogP contribution is 2.16. The van der Waals surface area contributed by atoms with Crippen molar-refractivity contribution in [2.75, 3.05) is 13.2 Å². The molecule has 3 heteroatoms. The van der Waals surface area contributed by atoms with Crippen molar-refractivity contribution < 1.29 is 14.3 Å². The first-order valence-corrected chi connectivity index (χ1v) is 5.99. The van der Waals surface area contributed by atoms with Crippen molar-refractivity contribution in [3.63, 3.8) is 0 Å². The van der Waals surface area contributed by atoms with E-state index in [0.29, 0.717) is 12.4 Å². The van der Waals surface area contributed by atoms with E-state index in [2.05, 4.69) is 6.92 Å². The summed E-state index contributed by atoms with van der Waals surface area (Å²) in [4.78, 5) is 11.3. The molecule has 0 bridgehead atoms. The second kappa shape index (κ2) is 6.94. The molecule has 94 valence electrons. The van der Waals surface area contributed by atoms with Gasteiger partial charge >= 0.3 is 5.97 Å². The smallest absolute Gasteiger partial charge is 0.344 e. The van der Waals surface area contributed by atoms with Gasteiger partial charge in [-0.3, -0.25) is 0 Å². The lowest BCUT2D eigenvalue weighted by molar-refractivity contribution is -0.146. The number of benzene rings is 1. The van der Waals surface area contributed by atoms with Gasteiger partial charge < -0.3 is 9.47 Å². The monoisotopic (exact) mass is 236 g/mol. The molecule has 1 aromatic carbocycles. The van der Waals surface area contributed by atoms with E-state index in [1.54, 1.807) is 0 Å². The van der Waals surface area contributed by atoms with Crippen LogP contribution in [-0.2, 0) is 9.53 Å². The Morgan fingerprint density at radius 1 is 1.24 bits per heavy atom. The first kappa shape index (κ1) is 13.6. The molecule has 0 amide bonds. The van der Waals surface area contributed by atoms with Crippen molar-refractivity contribution in [1.82, 2.24) is 0 Å². The van der Waals surface area contributed by atoms with Crippen molar-refractivity contribution in [2.45, 2.75) is 33.6 Å². The van der Waals surface area contributed by atoms with Gasteiger partial charge in [0.2, 0.25) is 0 Å². The summed E-state index contributed by atoms with van der Waals surface area (Å²) in [6, 6.07) is 5.77. The summed E-state index contributed by atoms with van der Waals surface area (Å²) in [5, 5.41) is 0. The van der Waals surface area contributed by atoms with E-state index < -0.39 is 0 Å². The SMILES string of the molecule is CCCCOC(=O)COc1ccc(C)c(C)c1. The fourth-order valence-electron chi connectivity index (χ4n) is 1.32. The summed E-state index contributed by atoms with van der Waals surface area (Å²) in [6.45, 7) is 6.57. The van der Waals surface area contributed by atoms with Gasteiger partial charge in [-0.05, 0) is 43.5 Å². The van der Waals surface area contributed by atoms with Crippen LogP contribution in [0.5, 0.6) is 5.75 Å². The zero-order valence-electron chi connectivity index (χ0n) is 10.8. The van der Waals surface area contributed by atoms with Gasteiger partial charge in [0.25, 0.3) is 0 Å². The molecule has 1 aromatic rings. The van der Waals surface area contributed by atoms with E-state index in [0.717, 1.165) is 18.4 Å². The van der Waals surface area contributed by atoms with Gasteiger partial charge in [0.15, 0.2) is 6.61 Å². The van der Waals surface area contributed by atoms with Gasteiger partial charge in [0.05, 0.1) is 6.61 Å². The molecule has 0 fully saturated rings. The molecule has 0 aliphatic rings. The summed E-state index contributed by atoms with van der Waals surface area (Å²) in [7, 11) is 0. The van der Waals surface area contributed by atoms with Crippen LogP contribution in [0.2, 0.25) is 0 Å². The molecule has 3 nitrogen and oxygen atoms in total. The predicted octanol–water partition coefficient (Wildman–Crippen LogP) is 3.03. The average Bonchev–Trinajstić information content (AvgIpc) is 2.31. The van der Waals surface area contributed by atoms with Crippen LogP contribution in [0.25, 0.3) is 0 Å². The van der Waals surface area contributed by atoms with Gasteiger partial charge in [0.1, 0.15) is 5.75 Å². The number of aryl methyl sites for hydroxylation is 2. The second-order valence-corrected chi connectivity index (χ2v) is 4.11. The van der Waals surface area contributed by atoms with Crippen LogP contribution < -0.4 is 4.74 Å². The quantitative estimate of drug-likeness (QED) is 0.562. The molecule has 0 aliphatic heterocycles. The van der Waals surface area contributed by atoms with E-state index in [9.17, 15) is 4.79 Å². The molecule has 0 saturated carbocycles. The Kier molecular flexibility index (Phi) is 5.53. The van der Waals surface area contributed by atoms with Crippen LogP contribution in [0.3, 0.4) is 0 Å². The van der Waals surface area contributed by atoms with Crippen molar-refractivity contribution in [3.05, 3.63) is 29.3 Å². The topological polar surface area (TPSA) is 35.5 Å². The van der Waals surface area contributed by atoms with Crippen molar-refractivity contribution in [2.24, 2.45) is 0 Å². The van der Waals surface area contributed by atoms with Gasteiger partial charge in [-0.25, -0.2) is 4.79 Å². The lowest BCUT2D eigenvalue weighted by Gasteiger charge is -2.08. The normalized spacial score (nSPS) is 10.1. The van der Waals surface area contributed by atoms with E-state index in [-0.39, 0.29) is 12.6 Å². The summed E-state index contributed by atoms with van der Waals surface area (Å²) in [6.07, 6.45) is 1.92. The fraction of sp³-hybridized carbons (Fsp3) is 0.500. The van der Waals surface area contributed by atoms with Crippen molar-refractivity contribution in [1.29, 1.82) is 0 Å². The molecule has 0 heterocycles. The third kappa shape index (κ3) is 4.89. The van der Waals surface area contributed by atoms with Crippen LogP contribution >= 0.6 is 0 Å². The number of unbranched alkanes of at least 4 members (excludes halogenated alkanes) is 1. The fourth-order valence-corrected chi connectivity index (χ4v) is 1.32. The Hall–Kier alpha value is -1.51. The molecular weight excluding hydrogens is 216 g/mol. The number of esters is 1. The summed E-state index contributed by atoms with van der Waals surface area (Å²) < 4.78 is 10.4. The highest BCUT2D eigenvalue weighted by Gasteiger charge is 2.04. The number of hydrogen-bond donors (Lipinski definition) is 0. The van der Waals surface area contributed by atoms with Crippen LogP contribution in [0.15, 0.2) is 18.2 Å². The third-order valence-corrected chi connectivity index (χ3v) is 2.60. The number of rotatable bonds is 6. The Morgan fingerprint density at radius 2 is 2.00 bits per heavy atom. The van der Waals surface area contributed by atoms with E-state index in [4.69, 9.17) is 9.47 Å².